The Morgan fingerprint density at radius 1 is 1.50 bits per heavy atom. The molecule has 20 heavy (non-hydrogen) atoms. The van der Waals surface area contributed by atoms with Crippen molar-refractivity contribution in [1.29, 1.82) is 0 Å². The predicted molar refractivity (Wildman–Crippen MR) is 86.5 cm³/mol. The van der Waals surface area contributed by atoms with Gasteiger partial charge in [0.1, 0.15) is 0 Å². The van der Waals surface area contributed by atoms with Gasteiger partial charge in [-0.3, -0.25) is 4.99 Å². The molecule has 1 aliphatic rings. The van der Waals surface area contributed by atoms with E-state index in [1.54, 1.807) is 0 Å². The maximum absolute atomic E-state index is 9.23. The highest BCUT2D eigenvalue weighted by molar-refractivity contribution is 7.99. The number of nitrogens with one attached hydrogen (secondary N) is 2. The number of guanidine groups is 1. The van der Waals surface area contributed by atoms with Crippen LogP contribution in [0.5, 0.6) is 0 Å². The quantitative estimate of drug-likeness (QED) is 0.462. The third-order valence-electron chi connectivity index (χ3n) is 3.70. The summed E-state index contributed by atoms with van der Waals surface area (Å²) < 4.78 is 5.50. The summed E-state index contributed by atoms with van der Waals surface area (Å²) in [5.74, 6) is 0.859. The summed E-state index contributed by atoms with van der Waals surface area (Å²) in [5.41, 5.74) is 0.0161. The molecule has 5 nitrogen and oxygen atoms in total. The van der Waals surface area contributed by atoms with E-state index in [9.17, 15) is 5.11 Å². The van der Waals surface area contributed by atoms with Crippen LogP contribution in [0.4, 0.5) is 0 Å². The smallest absolute Gasteiger partial charge is 0.191 e. The number of aliphatic hydroxyl groups excluding tert-OH is 1. The molecule has 1 saturated heterocycles. The molecule has 0 aromatic heterocycles. The topological polar surface area (TPSA) is 65.9 Å². The molecule has 0 aliphatic carbocycles. The number of rotatable bonds is 8. The normalized spacial score (nSPS) is 24.7. The molecule has 0 amide bonds. The lowest BCUT2D eigenvalue weighted by Crippen LogP contribution is -2.41. The SMILES string of the molecule is CCNC(=NCC1(CCO)CCOC1)NCC(C)SC. The van der Waals surface area contributed by atoms with Crippen LogP contribution < -0.4 is 10.6 Å². The Balaban J connectivity index is 2.55. The zero-order chi connectivity index (χ0) is 14.8. The minimum Gasteiger partial charge on any atom is -0.396 e. The molecule has 3 N–H and O–H groups in total. The first-order valence-electron chi connectivity index (χ1n) is 7.39. The summed E-state index contributed by atoms with van der Waals surface area (Å²) in [4.78, 5) is 4.69. The van der Waals surface area contributed by atoms with E-state index in [0.717, 1.165) is 38.5 Å². The molecule has 0 aromatic carbocycles. The Bertz CT molecular complexity index is 294. The van der Waals surface area contributed by atoms with Crippen LogP contribution in [0, 0.1) is 5.41 Å². The van der Waals surface area contributed by atoms with E-state index in [2.05, 4.69) is 35.7 Å². The van der Waals surface area contributed by atoms with Crippen LogP contribution in [0.25, 0.3) is 0 Å². The van der Waals surface area contributed by atoms with E-state index in [1.807, 2.05) is 11.8 Å². The molecule has 0 radical (unpaired) electrons. The molecule has 0 spiro atoms. The van der Waals surface area contributed by atoms with Crippen molar-refractivity contribution in [3.8, 4) is 0 Å². The van der Waals surface area contributed by atoms with Crippen molar-refractivity contribution in [3.63, 3.8) is 0 Å². The zero-order valence-corrected chi connectivity index (χ0v) is 13.8. The lowest BCUT2D eigenvalue weighted by atomic mass is 9.84. The van der Waals surface area contributed by atoms with E-state index in [1.165, 1.54) is 0 Å². The summed E-state index contributed by atoms with van der Waals surface area (Å²) in [6.07, 6.45) is 3.86. The molecule has 2 unspecified atom stereocenters. The van der Waals surface area contributed by atoms with Gasteiger partial charge in [-0.05, 0) is 26.0 Å². The van der Waals surface area contributed by atoms with Crippen molar-refractivity contribution < 1.29 is 9.84 Å². The molecule has 2 atom stereocenters. The number of nitrogens with zero attached hydrogens (tertiary/aromatic N) is 1. The molecule has 1 aliphatic heterocycles. The fourth-order valence-corrected chi connectivity index (χ4v) is 2.45. The van der Waals surface area contributed by atoms with Crippen molar-refractivity contribution >= 4 is 17.7 Å². The number of ether oxygens (including phenoxy) is 1. The summed E-state index contributed by atoms with van der Waals surface area (Å²) in [6, 6.07) is 0. The van der Waals surface area contributed by atoms with Crippen LogP contribution in [0.3, 0.4) is 0 Å². The molecule has 1 fully saturated rings. The molecular formula is C14H29N3O2S. The molecule has 118 valence electrons. The average Bonchev–Trinajstić information content (AvgIpc) is 2.91. The highest BCUT2D eigenvalue weighted by Gasteiger charge is 2.34. The van der Waals surface area contributed by atoms with Gasteiger partial charge in [-0.2, -0.15) is 11.8 Å². The van der Waals surface area contributed by atoms with Crippen LogP contribution in [-0.2, 0) is 4.74 Å². The summed E-state index contributed by atoms with van der Waals surface area (Å²) in [7, 11) is 0. The van der Waals surface area contributed by atoms with Gasteiger partial charge in [0.25, 0.3) is 0 Å². The number of thioether (sulfide) groups is 1. The fourth-order valence-electron chi connectivity index (χ4n) is 2.20. The first-order chi connectivity index (χ1) is 9.65. The third kappa shape index (κ3) is 5.89. The maximum atomic E-state index is 9.23. The Morgan fingerprint density at radius 2 is 2.30 bits per heavy atom. The van der Waals surface area contributed by atoms with E-state index in [-0.39, 0.29) is 12.0 Å². The van der Waals surface area contributed by atoms with Crippen LogP contribution in [0.1, 0.15) is 26.7 Å². The van der Waals surface area contributed by atoms with Crippen LogP contribution in [0.15, 0.2) is 4.99 Å². The minimum atomic E-state index is 0.0161. The van der Waals surface area contributed by atoms with Gasteiger partial charge in [0.05, 0.1) is 13.2 Å². The van der Waals surface area contributed by atoms with Crippen molar-refractivity contribution in [2.24, 2.45) is 10.4 Å². The standard InChI is InChI=1S/C14H29N3O2S/c1-4-15-13(16-9-12(2)20-3)17-10-14(5-7-18)6-8-19-11-14/h12,18H,4-11H2,1-3H3,(H2,15,16,17). The lowest BCUT2D eigenvalue weighted by Gasteiger charge is -2.25. The fraction of sp³-hybridized carbons (Fsp3) is 0.929. The van der Waals surface area contributed by atoms with Gasteiger partial charge in [-0.1, -0.05) is 6.92 Å². The van der Waals surface area contributed by atoms with Gasteiger partial charge in [-0.25, -0.2) is 0 Å². The Hall–Kier alpha value is -0.460. The van der Waals surface area contributed by atoms with Crippen molar-refractivity contribution in [2.75, 3.05) is 45.7 Å². The first kappa shape index (κ1) is 17.6. The molecule has 1 heterocycles. The van der Waals surface area contributed by atoms with Crippen LogP contribution in [-0.4, -0.2) is 62.0 Å². The molecule has 1 rings (SSSR count). The Morgan fingerprint density at radius 3 is 2.85 bits per heavy atom. The van der Waals surface area contributed by atoms with Gasteiger partial charge in [0, 0.05) is 37.0 Å². The lowest BCUT2D eigenvalue weighted by molar-refractivity contribution is 0.131. The summed E-state index contributed by atoms with van der Waals surface area (Å²) >= 11 is 1.84. The second-order valence-corrected chi connectivity index (χ2v) is 6.67. The van der Waals surface area contributed by atoms with E-state index < -0.39 is 0 Å². The molecule has 0 aromatic rings. The van der Waals surface area contributed by atoms with E-state index in [4.69, 9.17) is 4.74 Å². The van der Waals surface area contributed by atoms with Crippen molar-refractivity contribution in [2.45, 2.75) is 31.9 Å². The number of aliphatic hydroxyl groups is 1. The molecule has 6 heteroatoms. The molecule has 0 bridgehead atoms. The average molecular weight is 303 g/mol. The van der Waals surface area contributed by atoms with Gasteiger partial charge in [0.2, 0.25) is 0 Å². The largest absolute Gasteiger partial charge is 0.396 e. The van der Waals surface area contributed by atoms with Crippen LogP contribution in [0.2, 0.25) is 0 Å². The molecule has 0 saturated carbocycles. The number of aliphatic imine (C=N–C) groups is 1. The summed E-state index contributed by atoms with van der Waals surface area (Å²) in [5, 5.41) is 16.4. The minimum absolute atomic E-state index is 0.0161. The zero-order valence-electron chi connectivity index (χ0n) is 12.9. The second kappa shape index (κ2) is 9.47. The van der Waals surface area contributed by atoms with E-state index >= 15 is 0 Å². The Kier molecular flexibility index (Phi) is 8.33. The van der Waals surface area contributed by atoms with Crippen LogP contribution >= 0.6 is 11.8 Å². The third-order valence-corrected chi connectivity index (χ3v) is 4.67. The monoisotopic (exact) mass is 303 g/mol. The maximum Gasteiger partial charge on any atom is 0.191 e. The second-order valence-electron chi connectivity index (χ2n) is 5.40. The van der Waals surface area contributed by atoms with Gasteiger partial charge >= 0.3 is 0 Å². The predicted octanol–water partition coefficient (Wildman–Crippen LogP) is 1.08. The highest BCUT2D eigenvalue weighted by atomic mass is 32.2. The highest BCUT2D eigenvalue weighted by Crippen LogP contribution is 2.32. The number of hydrogen-bond donors (Lipinski definition) is 3. The Labute approximate surface area is 127 Å². The van der Waals surface area contributed by atoms with Gasteiger partial charge in [-0.15, -0.1) is 0 Å². The van der Waals surface area contributed by atoms with E-state index in [0.29, 0.717) is 18.4 Å². The van der Waals surface area contributed by atoms with Gasteiger partial charge < -0.3 is 20.5 Å². The molecular weight excluding hydrogens is 274 g/mol. The summed E-state index contributed by atoms with van der Waals surface area (Å²) in [6.45, 7) is 8.40. The van der Waals surface area contributed by atoms with Crippen molar-refractivity contribution in [1.82, 2.24) is 10.6 Å². The number of hydrogen-bond acceptors (Lipinski definition) is 4. The first-order valence-corrected chi connectivity index (χ1v) is 8.68. The van der Waals surface area contributed by atoms with Crippen molar-refractivity contribution in [3.05, 3.63) is 0 Å². The van der Waals surface area contributed by atoms with Gasteiger partial charge in [0.15, 0.2) is 5.96 Å².